The topological polar surface area (TPSA) is 24.5 Å². The number of nitrogens with one attached hydrogen (secondary N) is 1. The van der Waals surface area contributed by atoms with Crippen molar-refractivity contribution >= 4 is 0 Å². The molecule has 2 unspecified atom stereocenters. The second-order valence-electron chi connectivity index (χ2n) is 6.43. The van der Waals surface area contributed by atoms with Crippen LogP contribution in [0.15, 0.2) is 24.3 Å². The minimum Gasteiger partial charge on any atom is -0.383 e. The molecule has 0 aromatic heterocycles. The van der Waals surface area contributed by atoms with E-state index in [1.807, 2.05) is 0 Å². The standard InChI is InChI=1S/C18H32N2O/c1-14(2)19-11-15(3)18-9-7-17(8-10-18)12-20(5)16(4)13-21-6/h7-10,14-16,19H,11-13H2,1-6H3. The molecule has 0 saturated carbocycles. The maximum absolute atomic E-state index is 5.21. The Morgan fingerprint density at radius 3 is 2.24 bits per heavy atom. The van der Waals surface area contributed by atoms with Gasteiger partial charge in [-0.05, 0) is 31.0 Å². The molecule has 0 aliphatic heterocycles. The molecule has 1 rings (SSSR count). The summed E-state index contributed by atoms with van der Waals surface area (Å²) < 4.78 is 5.21. The van der Waals surface area contributed by atoms with E-state index in [9.17, 15) is 0 Å². The normalized spacial score (nSPS) is 14.7. The average Bonchev–Trinajstić information content (AvgIpc) is 2.45. The lowest BCUT2D eigenvalue weighted by Gasteiger charge is -2.24. The molecule has 0 amide bonds. The van der Waals surface area contributed by atoms with E-state index in [2.05, 4.69) is 69.2 Å². The monoisotopic (exact) mass is 292 g/mol. The van der Waals surface area contributed by atoms with Crippen molar-refractivity contribution < 1.29 is 4.74 Å². The third kappa shape index (κ3) is 6.60. The summed E-state index contributed by atoms with van der Waals surface area (Å²) in [6.45, 7) is 11.6. The van der Waals surface area contributed by atoms with Gasteiger partial charge in [-0.2, -0.15) is 0 Å². The van der Waals surface area contributed by atoms with Crippen LogP contribution in [0.25, 0.3) is 0 Å². The second kappa shape index (κ2) is 9.19. The first-order valence-electron chi connectivity index (χ1n) is 7.95. The zero-order valence-corrected chi connectivity index (χ0v) is 14.5. The lowest BCUT2D eigenvalue weighted by atomic mass is 9.99. The molecule has 0 heterocycles. The smallest absolute Gasteiger partial charge is 0.0615 e. The highest BCUT2D eigenvalue weighted by Gasteiger charge is 2.10. The van der Waals surface area contributed by atoms with Crippen LogP contribution < -0.4 is 5.32 Å². The summed E-state index contributed by atoms with van der Waals surface area (Å²) in [5.74, 6) is 0.548. The van der Waals surface area contributed by atoms with Gasteiger partial charge in [0.05, 0.1) is 6.61 Å². The Morgan fingerprint density at radius 2 is 1.71 bits per heavy atom. The lowest BCUT2D eigenvalue weighted by Crippen LogP contribution is -2.32. The maximum atomic E-state index is 5.21. The van der Waals surface area contributed by atoms with Gasteiger partial charge in [0.1, 0.15) is 0 Å². The van der Waals surface area contributed by atoms with Gasteiger partial charge in [0, 0.05) is 32.3 Å². The largest absolute Gasteiger partial charge is 0.383 e. The molecule has 3 nitrogen and oxygen atoms in total. The third-order valence-corrected chi connectivity index (χ3v) is 3.97. The molecule has 2 atom stereocenters. The van der Waals surface area contributed by atoms with Crippen molar-refractivity contribution in [1.82, 2.24) is 10.2 Å². The van der Waals surface area contributed by atoms with Crippen molar-refractivity contribution in [1.29, 1.82) is 0 Å². The molecular weight excluding hydrogens is 260 g/mol. The minimum absolute atomic E-state index is 0.434. The summed E-state index contributed by atoms with van der Waals surface area (Å²) in [4.78, 5) is 2.32. The summed E-state index contributed by atoms with van der Waals surface area (Å²) in [7, 11) is 3.90. The van der Waals surface area contributed by atoms with Crippen molar-refractivity contribution in [2.24, 2.45) is 0 Å². The molecule has 1 aromatic rings. The number of benzene rings is 1. The Bertz CT molecular complexity index is 389. The number of likely N-dealkylation sites (N-methyl/N-ethyl adjacent to an activating group) is 1. The van der Waals surface area contributed by atoms with Gasteiger partial charge in [0.2, 0.25) is 0 Å². The first-order valence-corrected chi connectivity index (χ1v) is 7.95. The predicted molar refractivity (Wildman–Crippen MR) is 90.8 cm³/mol. The van der Waals surface area contributed by atoms with Gasteiger partial charge in [-0.25, -0.2) is 0 Å². The van der Waals surface area contributed by atoms with Crippen LogP contribution in [-0.2, 0) is 11.3 Å². The highest BCUT2D eigenvalue weighted by atomic mass is 16.5. The SMILES string of the molecule is COCC(C)N(C)Cc1ccc(C(C)CNC(C)C)cc1. The van der Waals surface area contributed by atoms with Crippen LogP contribution in [0.3, 0.4) is 0 Å². The molecule has 120 valence electrons. The summed E-state index contributed by atoms with van der Waals surface area (Å²) in [6.07, 6.45) is 0. The van der Waals surface area contributed by atoms with Crippen molar-refractivity contribution in [3.8, 4) is 0 Å². The van der Waals surface area contributed by atoms with Crippen LogP contribution in [0.2, 0.25) is 0 Å². The molecule has 0 saturated heterocycles. The summed E-state index contributed by atoms with van der Waals surface area (Å²) in [5.41, 5.74) is 2.76. The number of hydrogen-bond acceptors (Lipinski definition) is 3. The molecular formula is C18H32N2O. The molecule has 1 N–H and O–H groups in total. The van der Waals surface area contributed by atoms with Crippen LogP contribution in [0.4, 0.5) is 0 Å². The van der Waals surface area contributed by atoms with E-state index in [4.69, 9.17) is 4.74 Å². The molecule has 3 heteroatoms. The van der Waals surface area contributed by atoms with Gasteiger partial charge in [-0.3, -0.25) is 4.90 Å². The molecule has 0 bridgehead atoms. The van der Waals surface area contributed by atoms with E-state index in [1.165, 1.54) is 11.1 Å². The number of nitrogens with zero attached hydrogens (tertiary/aromatic N) is 1. The number of rotatable bonds is 9. The third-order valence-electron chi connectivity index (χ3n) is 3.97. The van der Waals surface area contributed by atoms with Gasteiger partial charge >= 0.3 is 0 Å². The molecule has 0 spiro atoms. The highest BCUT2D eigenvalue weighted by molar-refractivity contribution is 5.25. The summed E-state index contributed by atoms with van der Waals surface area (Å²) in [6, 6.07) is 9.99. The Hall–Kier alpha value is -0.900. The Morgan fingerprint density at radius 1 is 1.10 bits per heavy atom. The van der Waals surface area contributed by atoms with Gasteiger partial charge in [0.25, 0.3) is 0 Å². The molecule has 0 fully saturated rings. The average molecular weight is 292 g/mol. The first kappa shape index (κ1) is 18.1. The first-order chi connectivity index (χ1) is 9.93. The van der Waals surface area contributed by atoms with Crippen LogP contribution >= 0.6 is 0 Å². The fourth-order valence-corrected chi connectivity index (χ4v) is 2.29. The Balaban J connectivity index is 2.53. The fraction of sp³-hybridized carbons (Fsp3) is 0.667. The van der Waals surface area contributed by atoms with E-state index in [1.54, 1.807) is 7.11 Å². The van der Waals surface area contributed by atoms with E-state index >= 15 is 0 Å². The van der Waals surface area contributed by atoms with E-state index in [0.29, 0.717) is 18.0 Å². The maximum Gasteiger partial charge on any atom is 0.0615 e. The molecule has 0 aliphatic rings. The fourth-order valence-electron chi connectivity index (χ4n) is 2.29. The highest BCUT2D eigenvalue weighted by Crippen LogP contribution is 2.16. The van der Waals surface area contributed by atoms with E-state index < -0.39 is 0 Å². The predicted octanol–water partition coefficient (Wildman–Crippen LogP) is 3.25. The quantitative estimate of drug-likeness (QED) is 0.756. The Labute approximate surface area is 130 Å². The van der Waals surface area contributed by atoms with Crippen LogP contribution in [0.5, 0.6) is 0 Å². The molecule has 21 heavy (non-hydrogen) atoms. The Kier molecular flexibility index (Phi) is 7.94. The second-order valence-corrected chi connectivity index (χ2v) is 6.43. The van der Waals surface area contributed by atoms with Crippen LogP contribution in [0, 0.1) is 0 Å². The summed E-state index contributed by atoms with van der Waals surface area (Å²) in [5, 5.41) is 3.50. The van der Waals surface area contributed by atoms with Crippen molar-refractivity contribution in [3.05, 3.63) is 35.4 Å². The van der Waals surface area contributed by atoms with Crippen LogP contribution in [-0.4, -0.2) is 44.3 Å². The summed E-state index contributed by atoms with van der Waals surface area (Å²) >= 11 is 0. The van der Waals surface area contributed by atoms with E-state index in [0.717, 1.165) is 19.7 Å². The van der Waals surface area contributed by atoms with E-state index in [-0.39, 0.29) is 0 Å². The number of ether oxygens (including phenoxy) is 1. The molecule has 1 aromatic carbocycles. The zero-order valence-electron chi connectivity index (χ0n) is 14.5. The van der Waals surface area contributed by atoms with Crippen molar-refractivity contribution in [2.45, 2.75) is 52.2 Å². The minimum atomic E-state index is 0.434. The van der Waals surface area contributed by atoms with Crippen molar-refractivity contribution in [2.75, 3.05) is 27.3 Å². The van der Waals surface area contributed by atoms with Crippen molar-refractivity contribution in [3.63, 3.8) is 0 Å². The lowest BCUT2D eigenvalue weighted by molar-refractivity contribution is 0.112. The number of hydrogen-bond donors (Lipinski definition) is 1. The molecule has 0 radical (unpaired) electrons. The zero-order chi connectivity index (χ0) is 15.8. The molecule has 0 aliphatic carbocycles. The van der Waals surface area contributed by atoms with Gasteiger partial charge < -0.3 is 10.1 Å². The van der Waals surface area contributed by atoms with Gasteiger partial charge in [-0.15, -0.1) is 0 Å². The van der Waals surface area contributed by atoms with Gasteiger partial charge in [-0.1, -0.05) is 45.0 Å². The van der Waals surface area contributed by atoms with Crippen LogP contribution in [0.1, 0.15) is 44.7 Å². The number of methoxy groups -OCH3 is 1. The van der Waals surface area contributed by atoms with Gasteiger partial charge in [0.15, 0.2) is 0 Å².